The number of hydrogen-bond donors (Lipinski definition) is 2. The van der Waals surface area contributed by atoms with Gasteiger partial charge in [0.1, 0.15) is 5.60 Å². The summed E-state index contributed by atoms with van der Waals surface area (Å²) in [6.45, 7) is 5.37. The van der Waals surface area contributed by atoms with E-state index < -0.39 is 17.7 Å². The van der Waals surface area contributed by atoms with Crippen LogP contribution in [-0.2, 0) is 25.5 Å². The summed E-state index contributed by atoms with van der Waals surface area (Å²) in [6, 6.07) is 10.2. The molecule has 0 bridgehead atoms. The van der Waals surface area contributed by atoms with E-state index in [-0.39, 0.29) is 24.7 Å². The fraction of sp³-hybridized carbons (Fsp3) is 0.381. The lowest BCUT2D eigenvalue weighted by atomic mass is 10.1. The van der Waals surface area contributed by atoms with Crippen molar-refractivity contribution in [2.24, 2.45) is 0 Å². The molecule has 2 amide bonds. The molecule has 2 N–H and O–H groups in total. The second kappa shape index (κ2) is 10.1. The average molecular weight is 419 g/mol. The number of carbonyl (C=O) groups excluding carboxylic acids is 3. The third kappa shape index (κ3) is 7.95. The van der Waals surface area contributed by atoms with Crippen LogP contribution in [0.5, 0.6) is 0 Å². The highest BCUT2D eigenvalue weighted by molar-refractivity contribution is 7.10. The average Bonchev–Trinajstić information content (AvgIpc) is 3.15. The lowest BCUT2D eigenvalue weighted by Crippen LogP contribution is -2.31. The van der Waals surface area contributed by atoms with Gasteiger partial charge in [-0.2, -0.15) is 0 Å². The molecule has 1 aromatic heterocycles. The van der Waals surface area contributed by atoms with Gasteiger partial charge in [-0.25, -0.2) is 4.79 Å². The molecule has 8 heteroatoms. The van der Waals surface area contributed by atoms with Crippen molar-refractivity contribution in [3.63, 3.8) is 0 Å². The first kappa shape index (κ1) is 22.4. The Hall–Kier alpha value is -2.87. The third-order valence-electron chi connectivity index (χ3n) is 3.78. The molecule has 0 unspecified atom stereocenters. The second-order valence-corrected chi connectivity index (χ2v) is 8.40. The molecular formula is C21H26N2O5S. The van der Waals surface area contributed by atoms with Gasteiger partial charge in [0.2, 0.25) is 5.91 Å². The molecule has 0 radical (unpaired) electrons. The van der Waals surface area contributed by atoms with Crippen LogP contribution in [0, 0.1) is 0 Å². The first-order valence-corrected chi connectivity index (χ1v) is 10.0. The van der Waals surface area contributed by atoms with Gasteiger partial charge in [-0.05, 0) is 49.9 Å². The van der Waals surface area contributed by atoms with Gasteiger partial charge in [0, 0.05) is 10.6 Å². The van der Waals surface area contributed by atoms with E-state index in [4.69, 9.17) is 9.47 Å². The maximum absolute atomic E-state index is 12.5. The highest BCUT2D eigenvalue weighted by Gasteiger charge is 2.20. The Kier molecular flexibility index (Phi) is 7.78. The van der Waals surface area contributed by atoms with Gasteiger partial charge in [0.15, 0.2) is 0 Å². The van der Waals surface area contributed by atoms with Crippen LogP contribution in [0.1, 0.15) is 43.7 Å². The van der Waals surface area contributed by atoms with Gasteiger partial charge >= 0.3 is 12.1 Å². The summed E-state index contributed by atoms with van der Waals surface area (Å²) in [6.07, 6.45) is -0.318. The lowest BCUT2D eigenvalue weighted by Gasteiger charge is -2.19. The van der Waals surface area contributed by atoms with Crippen LogP contribution in [-0.4, -0.2) is 30.7 Å². The lowest BCUT2D eigenvalue weighted by molar-refractivity contribution is -0.141. The fourth-order valence-electron chi connectivity index (χ4n) is 2.52. The van der Waals surface area contributed by atoms with Gasteiger partial charge in [-0.15, -0.1) is 11.3 Å². The highest BCUT2D eigenvalue weighted by Crippen LogP contribution is 2.23. The van der Waals surface area contributed by atoms with E-state index in [1.165, 1.54) is 18.4 Å². The quantitative estimate of drug-likeness (QED) is 0.662. The van der Waals surface area contributed by atoms with E-state index in [9.17, 15) is 14.4 Å². The Morgan fingerprint density at radius 1 is 1.10 bits per heavy atom. The van der Waals surface area contributed by atoms with Gasteiger partial charge in [0.25, 0.3) is 0 Å². The van der Waals surface area contributed by atoms with E-state index in [1.807, 2.05) is 17.5 Å². The topological polar surface area (TPSA) is 93.7 Å². The molecule has 1 heterocycles. The normalized spacial score (nSPS) is 12.0. The molecule has 2 aromatic rings. The zero-order chi connectivity index (χ0) is 21.4. The molecular weight excluding hydrogens is 392 g/mol. The minimum Gasteiger partial charge on any atom is -0.469 e. The molecule has 0 aliphatic rings. The van der Waals surface area contributed by atoms with Gasteiger partial charge in [-0.3, -0.25) is 14.9 Å². The molecule has 0 saturated heterocycles. The molecule has 7 nitrogen and oxygen atoms in total. The molecule has 1 aromatic carbocycles. The van der Waals surface area contributed by atoms with Crippen molar-refractivity contribution in [1.29, 1.82) is 0 Å². The molecule has 0 spiro atoms. The monoisotopic (exact) mass is 418 g/mol. The summed E-state index contributed by atoms with van der Waals surface area (Å²) in [7, 11) is 1.32. The van der Waals surface area contributed by atoms with Gasteiger partial charge in [-0.1, -0.05) is 18.2 Å². The summed E-state index contributed by atoms with van der Waals surface area (Å²) < 4.78 is 9.93. The minimum absolute atomic E-state index is 0.0709. The molecule has 2 rings (SSSR count). The minimum atomic E-state index is -0.578. The van der Waals surface area contributed by atoms with Crippen LogP contribution in [0.4, 0.5) is 10.5 Å². The van der Waals surface area contributed by atoms with Crippen molar-refractivity contribution in [3.05, 3.63) is 52.2 Å². The maximum atomic E-state index is 12.5. The number of hydrogen-bond acceptors (Lipinski definition) is 6. The summed E-state index contributed by atoms with van der Waals surface area (Å²) in [5, 5.41) is 7.42. The third-order valence-corrected chi connectivity index (χ3v) is 4.77. The predicted molar refractivity (Wildman–Crippen MR) is 112 cm³/mol. The Labute approximate surface area is 174 Å². The molecule has 0 saturated carbocycles. The van der Waals surface area contributed by atoms with Crippen LogP contribution < -0.4 is 10.6 Å². The number of anilines is 1. The number of ether oxygens (including phenoxy) is 2. The summed E-state index contributed by atoms with van der Waals surface area (Å²) in [5.74, 6) is -0.596. The van der Waals surface area contributed by atoms with Crippen LogP contribution >= 0.6 is 11.3 Å². The van der Waals surface area contributed by atoms with E-state index in [1.54, 1.807) is 45.0 Å². The number of thiophene rings is 1. The van der Waals surface area contributed by atoms with Crippen molar-refractivity contribution in [3.8, 4) is 0 Å². The van der Waals surface area contributed by atoms with E-state index >= 15 is 0 Å². The summed E-state index contributed by atoms with van der Waals surface area (Å²) >= 11 is 1.47. The standard InChI is InChI=1S/C21H26N2O5S/c1-21(2,3)28-20(26)22-15-9-7-14(8-10-15)12-18(24)23-16(13-19(25)27-4)17-6-5-11-29-17/h5-11,16H,12-13H2,1-4H3,(H,22,26)(H,23,24)/t16-/m1/s1. The number of benzene rings is 1. The zero-order valence-corrected chi connectivity index (χ0v) is 17.8. The second-order valence-electron chi connectivity index (χ2n) is 7.42. The van der Waals surface area contributed by atoms with Gasteiger partial charge < -0.3 is 14.8 Å². The Balaban J connectivity index is 1.93. The van der Waals surface area contributed by atoms with Crippen LogP contribution in [0.15, 0.2) is 41.8 Å². The maximum Gasteiger partial charge on any atom is 0.412 e. The highest BCUT2D eigenvalue weighted by atomic mass is 32.1. The number of amides is 2. The van der Waals surface area contributed by atoms with E-state index in [0.29, 0.717) is 5.69 Å². The van der Waals surface area contributed by atoms with Crippen molar-refractivity contribution in [2.45, 2.75) is 45.3 Å². The van der Waals surface area contributed by atoms with Crippen LogP contribution in [0.3, 0.4) is 0 Å². The van der Waals surface area contributed by atoms with Crippen molar-refractivity contribution in [2.75, 3.05) is 12.4 Å². The smallest absolute Gasteiger partial charge is 0.412 e. The van der Waals surface area contributed by atoms with E-state index in [2.05, 4.69) is 10.6 Å². The number of rotatable bonds is 7. The largest absolute Gasteiger partial charge is 0.469 e. The Morgan fingerprint density at radius 3 is 2.34 bits per heavy atom. The number of esters is 1. The number of carbonyl (C=O) groups is 3. The molecule has 0 aliphatic heterocycles. The van der Waals surface area contributed by atoms with Gasteiger partial charge in [0.05, 0.1) is 26.0 Å². The van der Waals surface area contributed by atoms with Crippen molar-refractivity contribution < 1.29 is 23.9 Å². The van der Waals surface area contributed by atoms with Crippen molar-refractivity contribution in [1.82, 2.24) is 5.32 Å². The molecule has 0 fully saturated rings. The Bertz CT molecular complexity index is 826. The SMILES string of the molecule is COC(=O)C[C@@H](NC(=O)Cc1ccc(NC(=O)OC(C)(C)C)cc1)c1cccs1. The van der Waals surface area contributed by atoms with Crippen LogP contribution in [0.2, 0.25) is 0 Å². The molecule has 1 atom stereocenters. The number of methoxy groups -OCH3 is 1. The molecule has 29 heavy (non-hydrogen) atoms. The van der Waals surface area contributed by atoms with Crippen molar-refractivity contribution >= 4 is 35.0 Å². The first-order valence-electron chi connectivity index (χ1n) is 9.15. The van der Waals surface area contributed by atoms with E-state index in [0.717, 1.165) is 10.4 Å². The summed E-state index contributed by atoms with van der Waals surface area (Å²) in [4.78, 5) is 36.8. The van der Waals surface area contributed by atoms with Crippen LogP contribution in [0.25, 0.3) is 0 Å². The summed E-state index contributed by atoms with van der Waals surface area (Å²) in [5.41, 5.74) is 0.775. The number of nitrogens with one attached hydrogen (secondary N) is 2. The predicted octanol–water partition coefficient (Wildman–Crippen LogP) is 4.06. The molecule has 156 valence electrons. The Morgan fingerprint density at radius 2 is 1.79 bits per heavy atom. The molecule has 0 aliphatic carbocycles. The fourth-order valence-corrected chi connectivity index (χ4v) is 3.30. The first-order chi connectivity index (χ1) is 13.7. The zero-order valence-electron chi connectivity index (χ0n) is 17.0.